The van der Waals surface area contributed by atoms with Crippen LogP contribution in [0.25, 0.3) is 0 Å². The Kier molecular flexibility index (Phi) is 7.18. The molecule has 0 aliphatic heterocycles. The minimum absolute atomic E-state index is 0.0723. The van der Waals surface area contributed by atoms with Crippen molar-refractivity contribution in [2.24, 2.45) is 5.16 Å². The number of rotatable bonds is 7. The van der Waals surface area contributed by atoms with Gasteiger partial charge in [-0.3, -0.25) is 15.4 Å². The molecule has 1 heterocycles. The number of nitrogens with zero attached hydrogens (tertiary/aromatic N) is 3. The number of benzene rings is 1. The van der Waals surface area contributed by atoms with Crippen molar-refractivity contribution in [2.45, 2.75) is 13.1 Å². The van der Waals surface area contributed by atoms with Crippen LogP contribution in [-0.2, 0) is 10.9 Å². The molecule has 0 spiro atoms. The smallest absolute Gasteiger partial charge is 0.416 e. The average Bonchev–Trinajstić information content (AvgIpc) is 2.67. The minimum atomic E-state index is -4.54. The molecule has 0 aliphatic carbocycles. The number of amides is 1. The summed E-state index contributed by atoms with van der Waals surface area (Å²) >= 11 is 0. The number of pyridine rings is 1. The summed E-state index contributed by atoms with van der Waals surface area (Å²) in [5.74, 6) is -0.667. The maximum absolute atomic E-state index is 12.7. The number of anilines is 3. The van der Waals surface area contributed by atoms with E-state index in [1.165, 1.54) is 0 Å². The highest BCUT2D eigenvalue weighted by atomic mass is 19.4. The fourth-order valence-corrected chi connectivity index (χ4v) is 2.45. The molecule has 31 heavy (non-hydrogen) atoms. The lowest BCUT2D eigenvalue weighted by Gasteiger charge is -2.12. The van der Waals surface area contributed by atoms with Gasteiger partial charge in [0.1, 0.15) is 17.2 Å². The van der Waals surface area contributed by atoms with Crippen LogP contribution in [0.2, 0.25) is 0 Å². The number of nitrogen functional groups attached to an aromatic ring is 1. The van der Waals surface area contributed by atoms with Gasteiger partial charge in [0.05, 0.1) is 23.6 Å². The summed E-state index contributed by atoms with van der Waals surface area (Å²) in [6, 6.07) is 4.88. The third-order valence-corrected chi connectivity index (χ3v) is 3.82. The van der Waals surface area contributed by atoms with Gasteiger partial charge in [0.15, 0.2) is 0 Å². The topological polar surface area (TPSA) is 165 Å². The van der Waals surface area contributed by atoms with Crippen LogP contribution in [0.15, 0.2) is 35.5 Å². The number of nitro groups is 1. The molecule has 1 aromatic carbocycles. The van der Waals surface area contributed by atoms with Gasteiger partial charge in [-0.1, -0.05) is 17.3 Å². The molecule has 1 amide bonds. The van der Waals surface area contributed by atoms with E-state index in [0.29, 0.717) is 0 Å². The molecule has 0 saturated carbocycles. The van der Waals surface area contributed by atoms with Gasteiger partial charge in [0, 0.05) is 11.6 Å². The van der Waals surface area contributed by atoms with Crippen LogP contribution >= 0.6 is 0 Å². The third-order valence-electron chi connectivity index (χ3n) is 3.82. The van der Waals surface area contributed by atoms with Crippen LogP contribution in [0.5, 0.6) is 0 Å². The Balaban J connectivity index is 2.28. The largest absolute Gasteiger partial charge is 0.450 e. The van der Waals surface area contributed by atoms with Crippen LogP contribution in [0.4, 0.5) is 41.0 Å². The monoisotopic (exact) mass is 442 g/mol. The molecule has 14 heteroatoms. The lowest BCUT2D eigenvalue weighted by molar-refractivity contribution is -0.383. The molecule has 0 saturated heterocycles. The summed E-state index contributed by atoms with van der Waals surface area (Å²) in [4.78, 5) is 25.8. The van der Waals surface area contributed by atoms with E-state index in [4.69, 9.17) is 10.5 Å². The Hall–Kier alpha value is -4.10. The van der Waals surface area contributed by atoms with E-state index < -0.39 is 34.3 Å². The minimum Gasteiger partial charge on any atom is -0.450 e. The van der Waals surface area contributed by atoms with Crippen molar-refractivity contribution in [3.63, 3.8) is 0 Å². The van der Waals surface area contributed by atoms with Crippen LogP contribution < -0.4 is 16.4 Å². The molecule has 2 aromatic rings. The molecule has 5 N–H and O–H groups in total. The predicted octanol–water partition coefficient (Wildman–Crippen LogP) is 3.45. The maximum atomic E-state index is 12.7. The quantitative estimate of drug-likeness (QED) is 0.219. The highest BCUT2D eigenvalue weighted by molar-refractivity contribution is 6.03. The van der Waals surface area contributed by atoms with Gasteiger partial charge in [0.25, 0.3) is 0 Å². The Morgan fingerprint density at radius 2 is 2.00 bits per heavy atom. The number of carbonyl (C=O) groups is 1. The normalized spacial score (nSPS) is 11.7. The van der Waals surface area contributed by atoms with Gasteiger partial charge < -0.3 is 21.0 Å². The molecule has 0 unspecified atom stereocenters. The zero-order valence-electron chi connectivity index (χ0n) is 15.9. The second-order valence-electron chi connectivity index (χ2n) is 5.87. The van der Waals surface area contributed by atoms with Crippen molar-refractivity contribution < 1.29 is 32.8 Å². The van der Waals surface area contributed by atoms with E-state index >= 15 is 0 Å². The maximum Gasteiger partial charge on any atom is 0.416 e. The van der Waals surface area contributed by atoms with Gasteiger partial charge in [0.2, 0.25) is 5.82 Å². The Morgan fingerprint density at radius 3 is 2.52 bits per heavy atom. The van der Waals surface area contributed by atoms with Crippen molar-refractivity contribution in [1.29, 1.82) is 0 Å². The zero-order chi connectivity index (χ0) is 23.2. The van der Waals surface area contributed by atoms with E-state index in [1.807, 2.05) is 0 Å². The highest BCUT2D eigenvalue weighted by Gasteiger charge is 2.30. The van der Waals surface area contributed by atoms with E-state index in [9.17, 15) is 33.3 Å². The number of nitrogens with one attached hydrogen (secondary N) is 2. The lowest BCUT2D eigenvalue weighted by Crippen LogP contribution is -2.19. The number of carbonyl (C=O) groups excluding carboxylic acids is 1. The van der Waals surface area contributed by atoms with Crippen LogP contribution in [0, 0.1) is 10.1 Å². The molecular formula is C17H17F3N6O5. The van der Waals surface area contributed by atoms with Crippen LogP contribution in [-0.4, -0.2) is 40.1 Å². The number of aromatic nitrogens is 1. The summed E-state index contributed by atoms with van der Waals surface area (Å²) in [7, 11) is 0. The first kappa shape index (κ1) is 23.2. The van der Waals surface area contributed by atoms with Crippen molar-refractivity contribution >= 4 is 34.8 Å². The first-order valence-corrected chi connectivity index (χ1v) is 8.58. The molecule has 2 rings (SSSR count). The lowest BCUT2D eigenvalue weighted by atomic mass is 10.1. The van der Waals surface area contributed by atoms with Crippen molar-refractivity contribution in [3.05, 3.63) is 51.6 Å². The second-order valence-corrected chi connectivity index (χ2v) is 5.87. The first-order chi connectivity index (χ1) is 14.6. The van der Waals surface area contributed by atoms with Crippen molar-refractivity contribution in [1.82, 2.24) is 4.98 Å². The number of oxime groups is 1. The fraction of sp³-hybridized carbons (Fsp3) is 0.235. The predicted molar refractivity (Wildman–Crippen MR) is 104 cm³/mol. The number of halogens is 3. The van der Waals surface area contributed by atoms with Crippen LogP contribution in [0.1, 0.15) is 18.1 Å². The third kappa shape index (κ3) is 5.94. The van der Waals surface area contributed by atoms with Gasteiger partial charge in [-0.25, -0.2) is 9.78 Å². The van der Waals surface area contributed by atoms with E-state index in [2.05, 4.69) is 20.8 Å². The average molecular weight is 442 g/mol. The number of nitrogens with two attached hydrogens (primary N) is 1. The molecule has 1 aromatic heterocycles. The molecule has 166 valence electrons. The van der Waals surface area contributed by atoms with Crippen molar-refractivity contribution in [2.75, 3.05) is 29.5 Å². The van der Waals surface area contributed by atoms with Crippen molar-refractivity contribution in [3.8, 4) is 0 Å². The fourth-order valence-electron chi connectivity index (χ4n) is 2.45. The van der Waals surface area contributed by atoms with Gasteiger partial charge in [-0.2, -0.15) is 13.2 Å². The molecular weight excluding hydrogens is 425 g/mol. The summed E-state index contributed by atoms with van der Waals surface area (Å²) in [5.41, 5.74) is 3.94. The van der Waals surface area contributed by atoms with E-state index in [0.717, 1.165) is 30.3 Å². The Bertz CT molecular complexity index is 995. The molecule has 0 aliphatic rings. The zero-order valence-corrected chi connectivity index (χ0v) is 15.9. The van der Waals surface area contributed by atoms with Gasteiger partial charge >= 0.3 is 18.0 Å². The summed E-state index contributed by atoms with van der Waals surface area (Å²) in [5, 5.41) is 28.5. The van der Waals surface area contributed by atoms with E-state index in [1.54, 1.807) is 6.92 Å². The number of alkyl halides is 3. The molecule has 0 bridgehead atoms. The van der Waals surface area contributed by atoms with Crippen LogP contribution in [0.3, 0.4) is 0 Å². The number of hydrogen-bond donors (Lipinski definition) is 4. The second kappa shape index (κ2) is 9.60. The number of ether oxygens (including phenoxy) is 1. The van der Waals surface area contributed by atoms with E-state index in [-0.39, 0.29) is 35.9 Å². The SMILES string of the molecule is CCOC(=O)Nc1cc(NCC(=NO)c2ccc(C(F)(F)F)cc2)c([N+](=O)[O-])c(N)n1. The molecule has 11 nitrogen and oxygen atoms in total. The van der Waals surface area contributed by atoms with Gasteiger partial charge in [-0.05, 0) is 19.1 Å². The molecule has 0 fully saturated rings. The Labute approximate surface area is 172 Å². The standard InChI is InChI=1S/C17H17F3N6O5/c1-2-31-16(27)24-13-7-11(14(26(29)30)15(21)23-13)22-8-12(25-28)9-3-5-10(6-4-9)17(18,19)20/h3-7,28H,2,8H2,1H3,(H4,21,22,23,24,27). The van der Waals surface area contributed by atoms with Gasteiger partial charge in [-0.15, -0.1) is 0 Å². The summed E-state index contributed by atoms with van der Waals surface area (Å²) in [6.45, 7) is 1.31. The molecule has 0 atom stereocenters. The highest BCUT2D eigenvalue weighted by Crippen LogP contribution is 2.32. The Morgan fingerprint density at radius 1 is 1.35 bits per heavy atom. The molecule has 0 radical (unpaired) electrons. The summed E-state index contributed by atoms with van der Waals surface area (Å²) in [6.07, 6.45) is -5.40. The number of hydrogen-bond acceptors (Lipinski definition) is 9. The first-order valence-electron chi connectivity index (χ1n) is 8.58. The summed E-state index contributed by atoms with van der Waals surface area (Å²) < 4.78 is 42.8.